The lowest BCUT2D eigenvalue weighted by atomic mass is 10.1. The van der Waals surface area contributed by atoms with Gasteiger partial charge in [0.05, 0.1) is 18.3 Å². The molecule has 0 unspecified atom stereocenters. The molecule has 0 aliphatic carbocycles. The highest BCUT2D eigenvalue weighted by Gasteiger charge is 2.19. The summed E-state index contributed by atoms with van der Waals surface area (Å²) < 4.78 is 8.76. The van der Waals surface area contributed by atoms with Crippen LogP contribution in [0.15, 0.2) is 87.0 Å². The lowest BCUT2D eigenvalue weighted by molar-refractivity contribution is 0.490. The van der Waals surface area contributed by atoms with Crippen molar-refractivity contribution < 1.29 is 4.42 Å². The van der Waals surface area contributed by atoms with E-state index < -0.39 is 0 Å². The molecule has 5 rings (SSSR count). The van der Waals surface area contributed by atoms with Crippen molar-refractivity contribution in [3.63, 3.8) is 0 Å². The quantitative estimate of drug-likeness (QED) is 0.447. The van der Waals surface area contributed by atoms with E-state index in [1.54, 1.807) is 35.1 Å². The molecule has 29 heavy (non-hydrogen) atoms. The fourth-order valence-corrected chi connectivity index (χ4v) is 3.70. The van der Waals surface area contributed by atoms with Crippen LogP contribution in [0, 0.1) is 0 Å². The highest BCUT2D eigenvalue weighted by atomic mass is 16.3. The number of hydrogen-bond donors (Lipinski definition) is 0. The van der Waals surface area contributed by atoms with E-state index in [2.05, 4.69) is 0 Å². The minimum absolute atomic E-state index is 0.0810. The number of aromatic nitrogens is 3. The van der Waals surface area contributed by atoms with Crippen LogP contribution in [0.3, 0.4) is 0 Å². The van der Waals surface area contributed by atoms with Crippen LogP contribution in [0.2, 0.25) is 0 Å². The second-order valence-electron chi connectivity index (χ2n) is 6.88. The first-order chi connectivity index (χ1) is 14.1. The first kappa shape index (κ1) is 17.2. The topological polar surface area (TPSA) is 70.0 Å². The van der Waals surface area contributed by atoms with Crippen molar-refractivity contribution in [1.82, 2.24) is 14.1 Å². The summed E-state index contributed by atoms with van der Waals surface area (Å²) in [5, 5.41) is 0.579. The van der Waals surface area contributed by atoms with E-state index >= 15 is 0 Å². The zero-order valence-corrected chi connectivity index (χ0v) is 15.7. The molecule has 0 amide bonds. The summed E-state index contributed by atoms with van der Waals surface area (Å²) in [6.45, 7) is 0.189. The molecular formula is C23H17N3O3. The van der Waals surface area contributed by atoms with Crippen LogP contribution in [-0.2, 0) is 13.6 Å². The molecule has 0 bridgehead atoms. The molecule has 0 N–H and O–H groups in total. The van der Waals surface area contributed by atoms with E-state index in [9.17, 15) is 9.59 Å². The molecule has 0 fully saturated rings. The summed E-state index contributed by atoms with van der Waals surface area (Å²) in [6, 6.07) is 20.3. The van der Waals surface area contributed by atoms with Crippen LogP contribution in [0.5, 0.6) is 0 Å². The Morgan fingerprint density at radius 3 is 2.45 bits per heavy atom. The summed E-state index contributed by atoms with van der Waals surface area (Å²) >= 11 is 0. The maximum atomic E-state index is 13.5. The Kier molecular flexibility index (Phi) is 3.91. The number of para-hydroxylation sites is 1. The second-order valence-corrected chi connectivity index (χ2v) is 6.88. The van der Waals surface area contributed by atoms with E-state index in [1.807, 2.05) is 49.5 Å². The second kappa shape index (κ2) is 6.60. The van der Waals surface area contributed by atoms with Gasteiger partial charge in [-0.3, -0.25) is 14.2 Å². The van der Waals surface area contributed by atoms with Crippen molar-refractivity contribution in [2.75, 3.05) is 0 Å². The molecule has 0 atom stereocenters. The van der Waals surface area contributed by atoms with Crippen LogP contribution in [0.1, 0.15) is 5.76 Å². The van der Waals surface area contributed by atoms with Gasteiger partial charge in [-0.25, -0.2) is 4.98 Å². The molecule has 0 radical (unpaired) electrons. The fourth-order valence-electron chi connectivity index (χ4n) is 3.70. The Hall–Kier alpha value is -3.93. The molecule has 0 aliphatic rings. The number of aryl methyl sites for hydroxylation is 1. The minimum atomic E-state index is -0.378. The van der Waals surface area contributed by atoms with Crippen molar-refractivity contribution in [2.24, 2.45) is 7.05 Å². The van der Waals surface area contributed by atoms with E-state index in [-0.39, 0.29) is 22.9 Å². The molecule has 3 aromatic heterocycles. The number of pyridine rings is 1. The Morgan fingerprint density at radius 2 is 1.69 bits per heavy atom. The average molecular weight is 383 g/mol. The van der Waals surface area contributed by atoms with Crippen LogP contribution in [-0.4, -0.2) is 14.1 Å². The maximum Gasteiger partial charge on any atom is 0.267 e. The van der Waals surface area contributed by atoms with Gasteiger partial charge in [-0.05, 0) is 24.3 Å². The first-order valence-electron chi connectivity index (χ1n) is 9.25. The molecule has 142 valence electrons. The summed E-state index contributed by atoms with van der Waals surface area (Å²) in [4.78, 5) is 31.5. The predicted octanol–water partition coefficient (Wildman–Crippen LogP) is 3.56. The van der Waals surface area contributed by atoms with Crippen LogP contribution in [0.4, 0.5) is 0 Å². The van der Waals surface area contributed by atoms with Gasteiger partial charge in [0.1, 0.15) is 17.0 Å². The Bertz CT molecular complexity index is 1460. The number of rotatable bonds is 3. The van der Waals surface area contributed by atoms with Crippen molar-refractivity contribution in [3.8, 4) is 11.4 Å². The zero-order chi connectivity index (χ0) is 20.0. The van der Waals surface area contributed by atoms with Crippen LogP contribution in [0.25, 0.3) is 33.3 Å². The zero-order valence-electron chi connectivity index (χ0n) is 15.7. The number of benzene rings is 2. The monoisotopic (exact) mass is 383 g/mol. The number of furan rings is 1. The molecule has 0 saturated carbocycles. The van der Waals surface area contributed by atoms with Crippen molar-refractivity contribution in [3.05, 3.63) is 99.3 Å². The van der Waals surface area contributed by atoms with Gasteiger partial charge in [0.25, 0.3) is 5.56 Å². The first-order valence-corrected chi connectivity index (χ1v) is 9.25. The van der Waals surface area contributed by atoms with Gasteiger partial charge in [0, 0.05) is 18.0 Å². The summed E-state index contributed by atoms with van der Waals surface area (Å²) in [5.41, 5.74) is 1.21. The van der Waals surface area contributed by atoms with Gasteiger partial charge < -0.3 is 8.98 Å². The largest absolute Gasteiger partial charge is 0.467 e. The van der Waals surface area contributed by atoms with Crippen LogP contribution < -0.4 is 11.0 Å². The Labute approximate surface area is 165 Å². The van der Waals surface area contributed by atoms with Crippen LogP contribution >= 0.6 is 0 Å². The molecule has 6 heteroatoms. The van der Waals surface area contributed by atoms with Crippen molar-refractivity contribution in [1.29, 1.82) is 0 Å². The lowest BCUT2D eigenvalue weighted by Gasteiger charge is -2.15. The van der Waals surface area contributed by atoms with Gasteiger partial charge in [-0.2, -0.15) is 0 Å². The normalized spacial score (nSPS) is 11.3. The molecular weight excluding hydrogens is 366 g/mol. The average Bonchev–Trinajstić information content (AvgIpc) is 3.27. The van der Waals surface area contributed by atoms with E-state index in [0.717, 1.165) is 11.1 Å². The molecule has 0 saturated heterocycles. The SMILES string of the molecule is Cn1c2ccccc2c(=O)c2c(=O)n(Cc3ccco3)c(-c3ccccc3)nc21. The third-order valence-corrected chi connectivity index (χ3v) is 5.13. The van der Waals surface area contributed by atoms with Gasteiger partial charge in [0.2, 0.25) is 5.43 Å². The third kappa shape index (κ3) is 2.69. The maximum absolute atomic E-state index is 13.5. The summed E-state index contributed by atoms with van der Waals surface area (Å²) in [5.74, 6) is 1.10. The molecule has 5 aromatic rings. The van der Waals surface area contributed by atoms with Gasteiger partial charge >= 0.3 is 0 Å². The molecule has 2 aromatic carbocycles. The number of fused-ring (bicyclic) bond motifs is 2. The highest BCUT2D eigenvalue weighted by Crippen LogP contribution is 2.21. The van der Waals surface area contributed by atoms with E-state index in [4.69, 9.17) is 9.40 Å². The van der Waals surface area contributed by atoms with Gasteiger partial charge in [0.15, 0.2) is 5.65 Å². The van der Waals surface area contributed by atoms with E-state index in [0.29, 0.717) is 22.6 Å². The van der Waals surface area contributed by atoms with Crippen molar-refractivity contribution in [2.45, 2.75) is 6.54 Å². The fraction of sp³-hybridized carbons (Fsp3) is 0.0870. The Morgan fingerprint density at radius 1 is 0.931 bits per heavy atom. The smallest absolute Gasteiger partial charge is 0.267 e. The third-order valence-electron chi connectivity index (χ3n) is 5.13. The minimum Gasteiger partial charge on any atom is -0.467 e. The lowest BCUT2D eigenvalue weighted by Crippen LogP contribution is -2.29. The summed E-state index contributed by atoms with van der Waals surface area (Å²) in [7, 11) is 1.82. The highest BCUT2D eigenvalue weighted by molar-refractivity contribution is 5.91. The van der Waals surface area contributed by atoms with Gasteiger partial charge in [-0.1, -0.05) is 42.5 Å². The molecule has 3 heterocycles. The standard InChI is InChI=1S/C23H17N3O3/c1-25-18-12-6-5-11-17(18)20(27)19-22(25)24-21(15-8-3-2-4-9-15)26(23(19)28)14-16-10-7-13-29-16/h2-13H,14H2,1H3. The van der Waals surface area contributed by atoms with Gasteiger partial charge in [-0.15, -0.1) is 0 Å². The predicted molar refractivity (Wildman–Crippen MR) is 112 cm³/mol. The molecule has 0 aliphatic heterocycles. The Balaban J connectivity index is 1.94. The number of nitrogens with zero attached hydrogens (tertiary/aromatic N) is 3. The number of hydrogen-bond acceptors (Lipinski definition) is 4. The van der Waals surface area contributed by atoms with E-state index in [1.165, 1.54) is 4.57 Å². The summed E-state index contributed by atoms with van der Waals surface area (Å²) in [6.07, 6.45) is 1.56. The molecule has 6 nitrogen and oxygen atoms in total. The van der Waals surface area contributed by atoms with Crippen molar-refractivity contribution >= 4 is 21.9 Å². The molecule has 0 spiro atoms.